The lowest BCUT2D eigenvalue weighted by molar-refractivity contribution is -0.129. The van der Waals surface area contributed by atoms with Gasteiger partial charge < -0.3 is 16.0 Å². The average Bonchev–Trinajstić information content (AvgIpc) is 2.72. The number of likely N-dealkylation sites (tertiary alicyclic amines) is 1. The van der Waals surface area contributed by atoms with Gasteiger partial charge in [-0.05, 0) is 38.1 Å². The molecule has 0 spiro atoms. The minimum Gasteiger partial charge on any atom is -0.391 e. The molecule has 114 valence electrons. The van der Waals surface area contributed by atoms with E-state index < -0.39 is 5.54 Å². The van der Waals surface area contributed by atoms with Crippen LogP contribution in [0.15, 0.2) is 0 Å². The van der Waals surface area contributed by atoms with Gasteiger partial charge in [0.25, 0.3) is 0 Å². The zero-order valence-electron chi connectivity index (χ0n) is 12.9. The van der Waals surface area contributed by atoms with Crippen molar-refractivity contribution in [2.24, 2.45) is 17.1 Å². The van der Waals surface area contributed by atoms with Crippen LogP contribution in [0.5, 0.6) is 0 Å². The molecule has 0 bridgehead atoms. The number of rotatable bonds is 3. The first-order valence-corrected chi connectivity index (χ1v) is 7.98. The van der Waals surface area contributed by atoms with E-state index in [9.17, 15) is 4.79 Å². The number of nitrogens with zero attached hydrogens (tertiary/aromatic N) is 1. The Hall–Kier alpha value is -0.680. The predicted octanol–water partition coefficient (Wildman–Crippen LogP) is 1.68. The van der Waals surface area contributed by atoms with Crippen molar-refractivity contribution in [3.8, 4) is 0 Å². The molecule has 1 unspecified atom stereocenters. The zero-order valence-corrected chi connectivity index (χ0v) is 13.7. The van der Waals surface area contributed by atoms with E-state index in [1.54, 1.807) is 0 Å². The number of nitrogens with two attached hydrogens (primary N) is 1. The van der Waals surface area contributed by atoms with Gasteiger partial charge in [0.2, 0.25) is 5.91 Å². The van der Waals surface area contributed by atoms with E-state index in [0.717, 1.165) is 45.2 Å². The molecule has 1 aliphatic carbocycles. The molecule has 3 N–H and O–H groups in total. The van der Waals surface area contributed by atoms with Gasteiger partial charge in [0.1, 0.15) is 0 Å². The lowest BCUT2D eigenvalue weighted by Crippen LogP contribution is -2.62. The van der Waals surface area contributed by atoms with Crippen LogP contribution in [-0.2, 0) is 4.79 Å². The normalized spacial score (nSPS) is 29.1. The number of thiocarbonyl (C=S) groups is 1. The summed E-state index contributed by atoms with van der Waals surface area (Å²) in [5.41, 5.74) is 5.58. The smallest absolute Gasteiger partial charge is 0.224 e. The van der Waals surface area contributed by atoms with E-state index in [1.807, 2.05) is 0 Å². The molecule has 2 fully saturated rings. The van der Waals surface area contributed by atoms with Crippen LogP contribution in [0.2, 0.25) is 0 Å². The molecular formula is C15H27N3OS. The minimum atomic E-state index is -0.475. The highest BCUT2D eigenvalue weighted by Gasteiger charge is 2.44. The molecule has 1 amide bonds. The fraction of sp³-hybridized carbons (Fsp3) is 0.867. The Morgan fingerprint density at radius 3 is 2.35 bits per heavy atom. The highest BCUT2D eigenvalue weighted by Crippen LogP contribution is 2.43. The lowest BCUT2D eigenvalue weighted by atomic mass is 9.80. The van der Waals surface area contributed by atoms with Gasteiger partial charge in [-0.3, -0.25) is 4.79 Å². The van der Waals surface area contributed by atoms with Crippen molar-refractivity contribution in [2.75, 3.05) is 20.1 Å². The Bertz CT molecular complexity index is 400. The van der Waals surface area contributed by atoms with Crippen molar-refractivity contribution >= 4 is 23.1 Å². The maximum absolute atomic E-state index is 12.7. The summed E-state index contributed by atoms with van der Waals surface area (Å²) in [5, 5.41) is 3.22. The zero-order chi connectivity index (χ0) is 15.0. The second kappa shape index (κ2) is 5.60. The van der Waals surface area contributed by atoms with Crippen LogP contribution in [0.4, 0.5) is 0 Å². The Labute approximate surface area is 127 Å². The average molecular weight is 297 g/mol. The van der Waals surface area contributed by atoms with Crippen molar-refractivity contribution in [2.45, 2.75) is 51.5 Å². The SMILES string of the molecule is CN1CCC(NC(=O)C2CCCC2(C)C)(C(N)=S)CC1. The number of hydrogen-bond donors (Lipinski definition) is 2. The predicted molar refractivity (Wildman–Crippen MR) is 85.5 cm³/mol. The molecule has 0 aromatic rings. The summed E-state index contributed by atoms with van der Waals surface area (Å²) in [6.07, 6.45) is 4.86. The van der Waals surface area contributed by atoms with Gasteiger partial charge in [-0.1, -0.05) is 32.5 Å². The molecule has 1 heterocycles. The van der Waals surface area contributed by atoms with Crippen molar-refractivity contribution < 1.29 is 4.79 Å². The Kier molecular flexibility index (Phi) is 4.40. The molecule has 1 saturated carbocycles. The van der Waals surface area contributed by atoms with Gasteiger partial charge in [0.05, 0.1) is 10.5 Å². The van der Waals surface area contributed by atoms with Crippen LogP contribution in [0.3, 0.4) is 0 Å². The molecule has 1 aliphatic heterocycles. The van der Waals surface area contributed by atoms with E-state index >= 15 is 0 Å². The third-order valence-corrected chi connectivity index (χ3v) is 5.64. The van der Waals surface area contributed by atoms with Crippen molar-refractivity contribution in [3.05, 3.63) is 0 Å². The highest BCUT2D eigenvalue weighted by molar-refractivity contribution is 7.80. The summed E-state index contributed by atoms with van der Waals surface area (Å²) in [5.74, 6) is 0.234. The number of hydrogen-bond acceptors (Lipinski definition) is 3. The first-order valence-electron chi connectivity index (χ1n) is 7.57. The molecule has 1 atom stereocenters. The standard InChI is InChI=1S/C15H27N3OS/c1-14(2)6-4-5-11(14)12(19)17-15(13(16)20)7-9-18(3)10-8-15/h11H,4-10H2,1-3H3,(H2,16,20)(H,17,19). The van der Waals surface area contributed by atoms with Gasteiger partial charge in [0.15, 0.2) is 0 Å². The molecule has 4 nitrogen and oxygen atoms in total. The van der Waals surface area contributed by atoms with Crippen LogP contribution in [0.25, 0.3) is 0 Å². The fourth-order valence-electron chi connectivity index (χ4n) is 3.57. The number of carbonyl (C=O) groups is 1. The summed E-state index contributed by atoms with van der Waals surface area (Å²) in [6, 6.07) is 0. The second-order valence-corrected chi connectivity index (χ2v) is 7.61. The maximum Gasteiger partial charge on any atom is 0.224 e. The first kappa shape index (κ1) is 15.7. The molecule has 20 heavy (non-hydrogen) atoms. The minimum absolute atomic E-state index is 0.0902. The number of carbonyl (C=O) groups excluding carboxylic acids is 1. The van der Waals surface area contributed by atoms with Crippen LogP contribution in [0.1, 0.15) is 46.0 Å². The molecule has 2 aliphatic rings. The number of piperidine rings is 1. The van der Waals surface area contributed by atoms with Crippen molar-refractivity contribution in [1.29, 1.82) is 0 Å². The number of amides is 1. The van der Waals surface area contributed by atoms with E-state index in [4.69, 9.17) is 18.0 Å². The van der Waals surface area contributed by atoms with Crippen molar-refractivity contribution in [1.82, 2.24) is 10.2 Å². The van der Waals surface area contributed by atoms with Gasteiger partial charge >= 0.3 is 0 Å². The summed E-state index contributed by atoms with van der Waals surface area (Å²) >= 11 is 5.26. The van der Waals surface area contributed by atoms with E-state index in [0.29, 0.717) is 4.99 Å². The Morgan fingerprint density at radius 2 is 1.90 bits per heavy atom. The van der Waals surface area contributed by atoms with Crippen LogP contribution in [0, 0.1) is 11.3 Å². The van der Waals surface area contributed by atoms with Crippen LogP contribution in [-0.4, -0.2) is 41.5 Å². The molecule has 0 aromatic heterocycles. The van der Waals surface area contributed by atoms with E-state index in [1.165, 1.54) is 0 Å². The second-order valence-electron chi connectivity index (χ2n) is 7.17. The Balaban J connectivity index is 2.09. The first-order chi connectivity index (χ1) is 9.27. The fourth-order valence-corrected chi connectivity index (χ4v) is 3.82. The molecular weight excluding hydrogens is 270 g/mol. The number of nitrogens with one attached hydrogen (secondary N) is 1. The van der Waals surface area contributed by atoms with Gasteiger partial charge in [0, 0.05) is 19.0 Å². The summed E-state index contributed by atoms with van der Waals surface area (Å²) in [7, 11) is 2.09. The molecule has 1 saturated heterocycles. The lowest BCUT2D eigenvalue weighted by Gasteiger charge is -2.42. The highest BCUT2D eigenvalue weighted by atomic mass is 32.1. The molecule has 0 radical (unpaired) electrons. The third kappa shape index (κ3) is 2.98. The summed E-state index contributed by atoms with van der Waals surface area (Å²) in [6.45, 7) is 6.22. The third-order valence-electron chi connectivity index (χ3n) is 5.25. The largest absolute Gasteiger partial charge is 0.391 e. The molecule has 5 heteroatoms. The Morgan fingerprint density at radius 1 is 1.30 bits per heavy atom. The monoisotopic (exact) mass is 297 g/mol. The van der Waals surface area contributed by atoms with Crippen LogP contribution >= 0.6 is 12.2 Å². The van der Waals surface area contributed by atoms with Crippen molar-refractivity contribution in [3.63, 3.8) is 0 Å². The summed E-state index contributed by atoms with van der Waals surface area (Å²) < 4.78 is 0. The van der Waals surface area contributed by atoms with E-state index in [2.05, 4.69) is 31.1 Å². The maximum atomic E-state index is 12.7. The van der Waals surface area contributed by atoms with Gasteiger partial charge in [-0.15, -0.1) is 0 Å². The summed E-state index contributed by atoms with van der Waals surface area (Å²) in [4.78, 5) is 15.4. The molecule has 0 aromatic carbocycles. The topological polar surface area (TPSA) is 58.4 Å². The molecule has 2 rings (SSSR count). The van der Waals surface area contributed by atoms with Gasteiger partial charge in [-0.25, -0.2) is 0 Å². The van der Waals surface area contributed by atoms with Gasteiger partial charge in [-0.2, -0.15) is 0 Å². The van der Waals surface area contributed by atoms with Crippen LogP contribution < -0.4 is 11.1 Å². The van der Waals surface area contributed by atoms with E-state index in [-0.39, 0.29) is 17.2 Å². The quantitative estimate of drug-likeness (QED) is 0.778.